The van der Waals surface area contributed by atoms with E-state index in [4.69, 9.17) is 5.73 Å². The van der Waals surface area contributed by atoms with Gasteiger partial charge in [-0.15, -0.1) is 0 Å². The van der Waals surface area contributed by atoms with E-state index in [0.717, 1.165) is 10.8 Å². The second-order valence-electron chi connectivity index (χ2n) is 2.78. The van der Waals surface area contributed by atoms with Crippen molar-refractivity contribution in [2.75, 3.05) is 5.73 Å². The van der Waals surface area contributed by atoms with Gasteiger partial charge in [-0.05, 0) is 6.07 Å². The first-order chi connectivity index (χ1) is 5.77. The van der Waals surface area contributed by atoms with Crippen molar-refractivity contribution in [1.82, 2.24) is 5.10 Å². The first-order valence-electron chi connectivity index (χ1n) is 3.78. The highest BCUT2D eigenvalue weighted by Gasteiger charge is 2.03. The molecule has 2 rings (SSSR count). The van der Waals surface area contributed by atoms with Gasteiger partial charge in [0, 0.05) is 10.5 Å². The van der Waals surface area contributed by atoms with Gasteiger partial charge in [-0.3, -0.25) is 0 Å². The number of fused-ring (bicyclic) bond motifs is 1. The van der Waals surface area contributed by atoms with Crippen LogP contribution in [-0.2, 0) is 7.05 Å². The number of anilines is 1. The van der Waals surface area contributed by atoms with E-state index in [-0.39, 0.29) is 24.0 Å². The van der Waals surface area contributed by atoms with Crippen LogP contribution in [0, 0.1) is 0 Å². The Kier molecular flexibility index (Phi) is 3.02. The number of hydrogen-bond donors (Lipinski definition) is 1. The van der Waals surface area contributed by atoms with Crippen molar-refractivity contribution in [3.63, 3.8) is 0 Å². The molecule has 1 aromatic carbocycles. The highest BCUT2D eigenvalue weighted by Crippen LogP contribution is 2.14. The third-order valence-electron chi connectivity index (χ3n) is 1.83. The molecule has 0 aliphatic heterocycles. The third-order valence-corrected chi connectivity index (χ3v) is 1.83. The summed E-state index contributed by atoms with van der Waals surface area (Å²) in [7, 11) is 1.86. The van der Waals surface area contributed by atoms with Crippen LogP contribution < -0.4 is 34.4 Å². The fourth-order valence-electron chi connectivity index (χ4n) is 1.30. The molecular formula is C9H10IN3. The molecular weight excluding hydrogens is 277 g/mol. The molecule has 0 saturated heterocycles. The van der Waals surface area contributed by atoms with Gasteiger partial charge in [0.15, 0.2) is 12.9 Å². The Hall–Kier alpha value is -0.910. The van der Waals surface area contributed by atoms with E-state index in [9.17, 15) is 0 Å². The minimum atomic E-state index is 0. The highest BCUT2D eigenvalue weighted by atomic mass is 127. The molecule has 3 nitrogen and oxygen atoms in total. The van der Waals surface area contributed by atoms with Gasteiger partial charge < -0.3 is 29.7 Å². The first kappa shape index (κ1) is 10.2. The zero-order valence-electron chi connectivity index (χ0n) is 7.24. The molecule has 13 heavy (non-hydrogen) atoms. The number of aromatic nitrogens is 2. The number of hydrogen-bond acceptors (Lipinski definition) is 2. The highest BCUT2D eigenvalue weighted by molar-refractivity contribution is 5.89. The van der Waals surface area contributed by atoms with Crippen LogP contribution >= 0.6 is 0 Å². The Morgan fingerprint density at radius 1 is 1.31 bits per heavy atom. The standard InChI is InChI=1S/C9H10N3.HI/c1-12-6-7-4-2-3-5-8(7)9(10)11-12;/h2-6H,1H3,(H2,10,11);1H/q+1;/p-1. The molecule has 0 saturated carbocycles. The Morgan fingerprint density at radius 2 is 2.00 bits per heavy atom. The number of halogens is 1. The predicted molar refractivity (Wildman–Crippen MR) is 47.3 cm³/mol. The fourth-order valence-corrected chi connectivity index (χ4v) is 1.30. The van der Waals surface area contributed by atoms with Crippen LogP contribution in [0.3, 0.4) is 0 Å². The smallest absolute Gasteiger partial charge is 0.203 e. The molecule has 68 valence electrons. The lowest BCUT2D eigenvalue weighted by Crippen LogP contribution is -3.00. The molecule has 0 aliphatic rings. The minimum Gasteiger partial charge on any atom is -1.00 e. The average Bonchev–Trinajstić information content (AvgIpc) is 2.04. The van der Waals surface area contributed by atoms with Gasteiger partial charge in [0.2, 0.25) is 6.20 Å². The molecule has 4 heteroatoms. The van der Waals surface area contributed by atoms with Crippen molar-refractivity contribution in [3.05, 3.63) is 30.5 Å². The SMILES string of the molecule is C[n+]1cc2ccccc2c(N)n1.[I-]. The Balaban J connectivity index is 0.000000845. The van der Waals surface area contributed by atoms with Crippen LogP contribution in [0.1, 0.15) is 0 Å². The van der Waals surface area contributed by atoms with E-state index in [1.807, 2.05) is 37.5 Å². The molecule has 0 radical (unpaired) electrons. The number of rotatable bonds is 0. The van der Waals surface area contributed by atoms with Gasteiger partial charge in [0.1, 0.15) is 0 Å². The summed E-state index contributed by atoms with van der Waals surface area (Å²) in [6, 6.07) is 7.94. The van der Waals surface area contributed by atoms with Crippen molar-refractivity contribution in [3.8, 4) is 0 Å². The van der Waals surface area contributed by atoms with E-state index >= 15 is 0 Å². The molecule has 0 unspecified atom stereocenters. The van der Waals surface area contributed by atoms with Crippen molar-refractivity contribution in [2.24, 2.45) is 7.05 Å². The summed E-state index contributed by atoms with van der Waals surface area (Å²) >= 11 is 0. The largest absolute Gasteiger partial charge is 1.00 e. The maximum absolute atomic E-state index is 5.73. The molecule has 0 fully saturated rings. The van der Waals surface area contributed by atoms with Crippen LogP contribution in [0.25, 0.3) is 10.8 Å². The van der Waals surface area contributed by atoms with Crippen LogP contribution in [-0.4, -0.2) is 5.10 Å². The van der Waals surface area contributed by atoms with E-state index in [2.05, 4.69) is 5.10 Å². The van der Waals surface area contributed by atoms with E-state index < -0.39 is 0 Å². The first-order valence-corrected chi connectivity index (χ1v) is 3.78. The van der Waals surface area contributed by atoms with E-state index in [1.54, 1.807) is 4.68 Å². The second-order valence-corrected chi connectivity index (χ2v) is 2.78. The van der Waals surface area contributed by atoms with Crippen LogP contribution in [0.2, 0.25) is 0 Å². The molecule has 1 heterocycles. The Labute approximate surface area is 93.6 Å². The monoisotopic (exact) mass is 287 g/mol. The quantitative estimate of drug-likeness (QED) is 0.435. The number of benzene rings is 1. The van der Waals surface area contributed by atoms with Gasteiger partial charge >= 0.3 is 0 Å². The lowest BCUT2D eigenvalue weighted by atomic mass is 10.2. The van der Waals surface area contributed by atoms with E-state index in [1.165, 1.54) is 0 Å². The molecule has 1 aromatic heterocycles. The topological polar surface area (TPSA) is 42.8 Å². The van der Waals surface area contributed by atoms with E-state index in [0.29, 0.717) is 5.82 Å². The van der Waals surface area contributed by atoms with Gasteiger partial charge in [0.25, 0.3) is 0 Å². The van der Waals surface area contributed by atoms with Gasteiger partial charge in [-0.25, -0.2) is 0 Å². The maximum atomic E-state index is 5.73. The zero-order valence-corrected chi connectivity index (χ0v) is 9.39. The summed E-state index contributed by atoms with van der Waals surface area (Å²) in [5.74, 6) is 0.579. The minimum absolute atomic E-state index is 0. The predicted octanol–water partition coefficient (Wildman–Crippen LogP) is -2.35. The summed E-state index contributed by atoms with van der Waals surface area (Å²) in [6.45, 7) is 0. The normalized spacial score (nSPS) is 9.62. The maximum Gasteiger partial charge on any atom is 0.203 e. The van der Waals surface area contributed by atoms with Crippen LogP contribution in [0.15, 0.2) is 30.5 Å². The Morgan fingerprint density at radius 3 is 2.77 bits per heavy atom. The van der Waals surface area contributed by atoms with Crippen molar-refractivity contribution in [1.29, 1.82) is 0 Å². The lowest BCUT2D eigenvalue weighted by Gasteiger charge is -1.95. The molecule has 0 bridgehead atoms. The number of nitrogen functional groups attached to an aromatic ring is 1. The summed E-state index contributed by atoms with van der Waals surface area (Å²) in [4.78, 5) is 0. The van der Waals surface area contributed by atoms with Crippen LogP contribution in [0.5, 0.6) is 0 Å². The summed E-state index contributed by atoms with van der Waals surface area (Å²) < 4.78 is 1.72. The molecule has 2 N–H and O–H groups in total. The molecule has 0 spiro atoms. The van der Waals surface area contributed by atoms with Crippen molar-refractivity contribution < 1.29 is 28.7 Å². The Bertz CT molecular complexity index is 428. The number of nitrogens with zero attached hydrogens (tertiary/aromatic N) is 2. The van der Waals surface area contributed by atoms with Gasteiger partial charge in [0.05, 0.1) is 5.39 Å². The van der Waals surface area contributed by atoms with Gasteiger partial charge in [-0.2, -0.15) is 0 Å². The van der Waals surface area contributed by atoms with Crippen LogP contribution in [0.4, 0.5) is 5.82 Å². The molecule has 2 aromatic rings. The van der Waals surface area contributed by atoms with Crippen molar-refractivity contribution >= 4 is 16.6 Å². The second kappa shape index (κ2) is 3.87. The summed E-state index contributed by atoms with van der Waals surface area (Å²) in [5.41, 5.74) is 5.73. The molecule has 0 aliphatic carbocycles. The molecule has 0 amide bonds. The third kappa shape index (κ3) is 1.88. The summed E-state index contributed by atoms with van der Waals surface area (Å²) in [5, 5.41) is 6.22. The lowest BCUT2D eigenvalue weighted by molar-refractivity contribution is -0.728. The van der Waals surface area contributed by atoms with Crippen molar-refractivity contribution in [2.45, 2.75) is 0 Å². The molecule has 0 atom stereocenters. The average molecular weight is 287 g/mol. The fraction of sp³-hybridized carbons (Fsp3) is 0.111. The van der Waals surface area contributed by atoms with Gasteiger partial charge in [-0.1, -0.05) is 22.9 Å². The number of aryl methyl sites for hydroxylation is 1. The number of nitrogens with two attached hydrogens (primary N) is 1. The summed E-state index contributed by atoms with van der Waals surface area (Å²) in [6.07, 6.45) is 1.95. The zero-order chi connectivity index (χ0) is 8.55.